The normalized spacial score (nSPS) is 17.2. The van der Waals surface area contributed by atoms with Gasteiger partial charge in [0.1, 0.15) is 30.0 Å². The zero-order valence-electron chi connectivity index (χ0n) is 22.6. The van der Waals surface area contributed by atoms with Crippen LogP contribution in [0.15, 0.2) is 72.8 Å². The number of ether oxygens (including phenoxy) is 3. The maximum absolute atomic E-state index is 11.2. The van der Waals surface area contributed by atoms with E-state index >= 15 is 0 Å². The van der Waals surface area contributed by atoms with E-state index < -0.39 is 5.97 Å². The van der Waals surface area contributed by atoms with E-state index in [1.807, 2.05) is 42.5 Å². The van der Waals surface area contributed by atoms with E-state index in [1.165, 1.54) is 5.56 Å². The van der Waals surface area contributed by atoms with Gasteiger partial charge in [0.2, 0.25) is 0 Å². The number of halogens is 1. The maximum atomic E-state index is 11.2. The van der Waals surface area contributed by atoms with Gasteiger partial charge in [-0.15, -0.1) is 0 Å². The lowest BCUT2D eigenvalue weighted by Gasteiger charge is -2.20. The van der Waals surface area contributed by atoms with Crippen LogP contribution >= 0.6 is 11.6 Å². The standard InChI is InChI=1S/C34H31ClO5/c1-20-14-25(38-18-22-6-4-3-5-7-22)15-21(2)33(20)34-28-11-13-30(27(28)10-12-29(34)35)40-24-8-9-26-23(16-32(36)37)19-39-31(26)17-24/h3-10,12,14-15,17,23,30H,11,13,16,18-19H2,1-2H3,(H,36,37)/t23-,30-/m1/s1. The number of fused-ring (bicyclic) bond motifs is 2. The molecule has 6 heteroatoms. The predicted molar refractivity (Wildman–Crippen MR) is 156 cm³/mol. The number of carboxylic acid groups (broad SMARTS) is 1. The van der Waals surface area contributed by atoms with Crippen LogP contribution in [0.2, 0.25) is 5.02 Å². The summed E-state index contributed by atoms with van der Waals surface area (Å²) < 4.78 is 18.4. The number of aryl methyl sites for hydroxylation is 2. The fraction of sp³-hybridized carbons (Fsp3) is 0.265. The summed E-state index contributed by atoms with van der Waals surface area (Å²) in [6.45, 7) is 5.12. The second-order valence-corrected chi connectivity index (χ2v) is 11.1. The zero-order chi connectivity index (χ0) is 27.8. The second kappa shape index (κ2) is 10.9. The molecular formula is C34H31ClO5. The molecule has 0 saturated heterocycles. The number of hydrogen-bond donors (Lipinski definition) is 1. The summed E-state index contributed by atoms with van der Waals surface area (Å²) >= 11 is 6.86. The number of hydrogen-bond acceptors (Lipinski definition) is 4. The first-order chi connectivity index (χ1) is 19.4. The van der Waals surface area contributed by atoms with Crippen LogP contribution in [0.4, 0.5) is 0 Å². The minimum Gasteiger partial charge on any atom is -0.492 e. The van der Waals surface area contributed by atoms with Crippen LogP contribution < -0.4 is 14.2 Å². The number of carboxylic acids is 1. The van der Waals surface area contributed by atoms with Crippen LogP contribution in [0.5, 0.6) is 17.2 Å². The Kier molecular flexibility index (Phi) is 7.16. The Morgan fingerprint density at radius 1 is 0.950 bits per heavy atom. The third-order valence-electron chi connectivity index (χ3n) is 7.87. The Labute approximate surface area is 239 Å². The summed E-state index contributed by atoms with van der Waals surface area (Å²) in [6, 6.07) is 24.1. The molecule has 0 bridgehead atoms. The number of aliphatic carboxylic acids is 1. The Morgan fingerprint density at radius 2 is 1.70 bits per heavy atom. The molecule has 0 fully saturated rings. The van der Waals surface area contributed by atoms with Crippen LogP contribution in [0.25, 0.3) is 11.1 Å². The van der Waals surface area contributed by atoms with Gasteiger partial charge in [-0.1, -0.05) is 54.1 Å². The van der Waals surface area contributed by atoms with Gasteiger partial charge in [0.15, 0.2) is 0 Å². The lowest BCUT2D eigenvalue weighted by atomic mass is 9.90. The minimum atomic E-state index is -0.821. The Bertz CT molecular complexity index is 1560. The summed E-state index contributed by atoms with van der Waals surface area (Å²) in [7, 11) is 0. The lowest BCUT2D eigenvalue weighted by molar-refractivity contribution is -0.137. The Hall–Kier alpha value is -3.96. The van der Waals surface area contributed by atoms with E-state index in [-0.39, 0.29) is 18.4 Å². The Balaban J connectivity index is 1.25. The average molecular weight is 555 g/mol. The van der Waals surface area contributed by atoms with Gasteiger partial charge in [-0.05, 0) is 84.3 Å². The van der Waals surface area contributed by atoms with E-state index in [2.05, 4.69) is 44.2 Å². The molecule has 0 spiro atoms. The van der Waals surface area contributed by atoms with E-state index in [1.54, 1.807) is 0 Å². The SMILES string of the molecule is Cc1cc(OCc2ccccc2)cc(C)c1-c1c(Cl)ccc2c1CC[C@H]2Oc1ccc2c(c1)OC[C@H]2CC(=O)O. The van der Waals surface area contributed by atoms with Crippen molar-refractivity contribution >= 4 is 17.6 Å². The van der Waals surface area contributed by atoms with Gasteiger partial charge < -0.3 is 19.3 Å². The van der Waals surface area contributed by atoms with Crippen LogP contribution in [-0.2, 0) is 17.8 Å². The highest BCUT2D eigenvalue weighted by Crippen LogP contribution is 2.46. The predicted octanol–water partition coefficient (Wildman–Crippen LogP) is 8.22. The molecule has 4 aromatic carbocycles. The minimum absolute atomic E-state index is 0.0612. The molecule has 0 aromatic heterocycles. The molecule has 1 N–H and O–H groups in total. The number of carbonyl (C=O) groups is 1. The molecule has 1 aliphatic carbocycles. The third-order valence-corrected chi connectivity index (χ3v) is 8.19. The van der Waals surface area contributed by atoms with E-state index in [4.69, 9.17) is 25.8 Å². The van der Waals surface area contributed by atoms with Crippen molar-refractivity contribution < 1.29 is 24.1 Å². The molecule has 2 atom stereocenters. The third kappa shape index (κ3) is 5.14. The van der Waals surface area contributed by atoms with Gasteiger partial charge in [-0.2, -0.15) is 0 Å². The van der Waals surface area contributed by atoms with Gasteiger partial charge in [0.05, 0.1) is 13.0 Å². The quantitative estimate of drug-likeness (QED) is 0.238. The van der Waals surface area contributed by atoms with Gasteiger partial charge in [-0.3, -0.25) is 4.79 Å². The van der Waals surface area contributed by atoms with Crippen molar-refractivity contribution in [3.05, 3.63) is 111 Å². The molecule has 5 nitrogen and oxygen atoms in total. The summed E-state index contributed by atoms with van der Waals surface area (Å²) in [6.07, 6.45) is 1.67. The van der Waals surface area contributed by atoms with E-state index in [9.17, 15) is 9.90 Å². The van der Waals surface area contributed by atoms with Crippen molar-refractivity contribution in [2.24, 2.45) is 0 Å². The molecule has 0 amide bonds. The highest BCUT2D eigenvalue weighted by molar-refractivity contribution is 6.33. The second-order valence-electron chi connectivity index (χ2n) is 10.6. The van der Waals surface area contributed by atoms with Gasteiger partial charge in [0, 0.05) is 28.1 Å². The number of rotatable bonds is 8. The first-order valence-corrected chi connectivity index (χ1v) is 14.0. The van der Waals surface area contributed by atoms with Crippen LogP contribution in [0, 0.1) is 13.8 Å². The van der Waals surface area contributed by atoms with Crippen LogP contribution in [0.3, 0.4) is 0 Å². The first kappa shape index (κ1) is 26.3. The van der Waals surface area contributed by atoms with Crippen molar-refractivity contribution in [3.63, 3.8) is 0 Å². The monoisotopic (exact) mass is 554 g/mol. The fourth-order valence-electron chi connectivity index (χ4n) is 6.05. The summed E-state index contributed by atoms with van der Waals surface area (Å²) in [5, 5.41) is 9.92. The molecular weight excluding hydrogens is 524 g/mol. The summed E-state index contributed by atoms with van der Waals surface area (Å²) in [5.41, 5.74) is 8.88. The van der Waals surface area contributed by atoms with Crippen molar-refractivity contribution in [1.29, 1.82) is 0 Å². The largest absolute Gasteiger partial charge is 0.492 e. The van der Waals surface area contributed by atoms with E-state index in [0.717, 1.165) is 68.3 Å². The van der Waals surface area contributed by atoms with Crippen LogP contribution in [0.1, 0.15) is 58.2 Å². The molecule has 1 heterocycles. The van der Waals surface area contributed by atoms with Crippen molar-refractivity contribution in [3.8, 4) is 28.4 Å². The number of benzene rings is 4. The van der Waals surface area contributed by atoms with Gasteiger partial charge in [0.25, 0.3) is 0 Å². The first-order valence-electron chi connectivity index (χ1n) is 13.6. The molecule has 4 aromatic rings. The maximum Gasteiger partial charge on any atom is 0.304 e. The van der Waals surface area contributed by atoms with Crippen molar-refractivity contribution in [2.75, 3.05) is 6.61 Å². The highest BCUT2D eigenvalue weighted by atomic mass is 35.5. The van der Waals surface area contributed by atoms with Crippen LogP contribution in [-0.4, -0.2) is 17.7 Å². The highest BCUT2D eigenvalue weighted by Gasteiger charge is 2.31. The Morgan fingerprint density at radius 3 is 2.45 bits per heavy atom. The molecule has 1 aliphatic heterocycles. The molecule has 204 valence electrons. The van der Waals surface area contributed by atoms with Crippen molar-refractivity contribution in [1.82, 2.24) is 0 Å². The summed E-state index contributed by atoms with van der Waals surface area (Å²) in [5.74, 6) is 1.33. The molecule has 0 radical (unpaired) electrons. The summed E-state index contributed by atoms with van der Waals surface area (Å²) in [4.78, 5) is 11.2. The van der Waals surface area contributed by atoms with Crippen molar-refractivity contribution in [2.45, 2.75) is 51.7 Å². The molecule has 0 saturated carbocycles. The molecule has 40 heavy (non-hydrogen) atoms. The molecule has 0 unspecified atom stereocenters. The fourth-order valence-corrected chi connectivity index (χ4v) is 6.32. The smallest absolute Gasteiger partial charge is 0.304 e. The zero-order valence-corrected chi connectivity index (χ0v) is 23.3. The van der Waals surface area contributed by atoms with Gasteiger partial charge >= 0.3 is 5.97 Å². The molecule has 6 rings (SSSR count). The van der Waals surface area contributed by atoms with E-state index in [0.29, 0.717) is 19.0 Å². The van der Waals surface area contributed by atoms with Gasteiger partial charge in [-0.25, -0.2) is 0 Å². The molecule has 2 aliphatic rings. The lowest BCUT2D eigenvalue weighted by Crippen LogP contribution is -2.07. The topological polar surface area (TPSA) is 65.0 Å². The average Bonchev–Trinajstić information content (AvgIpc) is 3.52.